The van der Waals surface area contributed by atoms with Gasteiger partial charge in [0.2, 0.25) is 5.88 Å². The minimum atomic E-state index is -0.365. The molecule has 2 aromatic heterocycles. The van der Waals surface area contributed by atoms with Gasteiger partial charge in [0.05, 0.1) is 25.0 Å². The maximum absolute atomic E-state index is 14.1. The second-order valence-electron chi connectivity index (χ2n) is 6.23. The third kappa shape index (κ3) is 3.46. The number of carbonyl (C=O) groups is 1. The Balaban J connectivity index is 1.48. The van der Waals surface area contributed by atoms with Gasteiger partial charge in [-0.3, -0.25) is 9.78 Å². The number of anilines is 1. The number of piperazine rings is 1. The summed E-state index contributed by atoms with van der Waals surface area (Å²) in [5.74, 6) is 0.672. The quantitative estimate of drug-likeness (QED) is 0.687. The highest BCUT2D eigenvalue weighted by atomic mass is 79.9. The van der Waals surface area contributed by atoms with Gasteiger partial charge in [0.15, 0.2) is 5.82 Å². The van der Waals surface area contributed by atoms with Crippen LogP contribution in [0.4, 0.5) is 10.2 Å². The van der Waals surface area contributed by atoms with E-state index in [9.17, 15) is 9.18 Å². The number of fused-ring (bicyclic) bond motifs is 1. The summed E-state index contributed by atoms with van der Waals surface area (Å²) in [5.41, 5.74) is 0.979. The van der Waals surface area contributed by atoms with E-state index in [0.717, 1.165) is 5.82 Å². The van der Waals surface area contributed by atoms with Crippen molar-refractivity contribution in [2.75, 3.05) is 38.2 Å². The highest BCUT2D eigenvalue weighted by molar-refractivity contribution is 9.10. The van der Waals surface area contributed by atoms with Gasteiger partial charge in [0.1, 0.15) is 11.5 Å². The Morgan fingerprint density at radius 2 is 2.00 bits per heavy atom. The van der Waals surface area contributed by atoms with Crippen molar-refractivity contribution in [1.29, 1.82) is 0 Å². The van der Waals surface area contributed by atoms with Crippen molar-refractivity contribution >= 4 is 38.6 Å². The zero-order valence-corrected chi connectivity index (χ0v) is 16.2. The molecule has 0 unspecified atom stereocenters. The molecule has 1 N–H and O–H groups in total. The van der Waals surface area contributed by atoms with Crippen LogP contribution < -0.4 is 9.64 Å². The molecule has 1 saturated heterocycles. The van der Waals surface area contributed by atoms with Gasteiger partial charge in [-0.15, -0.1) is 0 Å². The molecule has 0 atom stereocenters. The van der Waals surface area contributed by atoms with E-state index in [-0.39, 0.29) is 11.7 Å². The lowest BCUT2D eigenvalue weighted by molar-refractivity contribution is 0.0741. The van der Waals surface area contributed by atoms with E-state index >= 15 is 0 Å². The predicted octanol–water partition coefficient (Wildman–Crippen LogP) is 2.83. The summed E-state index contributed by atoms with van der Waals surface area (Å²) in [6.45, 7) is 2.35. The Morgan fingerprint density at radius 3 is 2.74 bits per heavy atom. The number of methoxy groups -OCH3 is 1. The predicted molar refractivity (Wildman–Crippen MR) is 103 cm³/mol. The number of hydrogen-bond donors (Lipinski definition) is 1. The monoisotopic (exact) mass is 433 g/mol. The summed E-state index contributed by atoms with van der Waals surface area (Å²) in [6.07, 6.45) is 3.23. The lowest BCUT2D eigenvalue weighted by Crippen LogP contribution is -2.49. The largest absolute Gasteiger partial charge is 0.480 e. The van der Waals surface area contributed by atoms with E-state index in [0.29, 0.717) is 53.1 Å². The second kappa shape index (κ2) is 7.15. The molecule has 1 aliphatic rings. The number of hydrogen-bond acceptors (Lipinski definition) is 5. The third-order valence-electron chi connectivity index (χ3n) is 4.58. The first-order valence-electron chi connectivity index (χ1n) is 8.43. The van der Waals surface area contributed by atoms with E-state index in [1.807, 2.05) is 0 Å². The molecule has 1 aliphatic heterocycles. The Kier molecular flexibility index (Phi) is 4.69. The van der Waals surface area contributed by atoms with Crippen LogP contribution >= 0.6 is 15.9 Å². The molecule has 27 heavy (non-hydrogen) atoms. The molecule has 0 saturated carbocycles. The van der Waals surface area contributed by atoms with Crippen molar-refractivity contribution in [3.63, 3.8) is 0 Å². The van der Waals surface area contributed by atoms with Crippen molar-refractivity contribution < 1.29 is 13.9 Å². The SMILES string of the molecule is COc1cncc(N2CCN(C(=O)c3cc4c(F)cc(Br)cc4[nH]3)CC2)n1. The minimum Gasteiger partial charge on any atom is -0.480 e. The van der Waals surface area contributed by atoms with Gasteiger partial charge in [-0.1, -0.05) is 15.9 Å². The number of halogens is 2. The smallest absolute Gasteiger partial charge is 0.270 e. The number of ether oxygens (including phenoxy) is 1. The molecule has 1 fully saturated rings. The number of carbonyl (C=O) groups excluding carboxylic acids is 1. The number of benzene rings is 1. The fraction of sp³-hybridized carbons (Fsp3) is 0.278. The van der Waals surface area contributed by atoms with Crippen molar-refractivity contribution in [1.82, 2.24) is 19.9 Å². The first-order valence-corrected chi connectivity index (χ1v) is 9.22. The van der Waals surface area contributed by atoms with E-state index in [1.54, 1.807) is 36.5 Å². The van der Waals surface area contributed by atoms with Gasteiger partial charge >= 0.3 is 0 Å². The molecule has 3 heterocycles. The van der Waals surface area contributed by atoms with Gasteiger partial charge in [0.25, 0.3) is 5.91 Å². The topological polar surface area (TPSA) is 74.3 Å². The molecule has 140 valence electrons. The van der Waals surface area contributed by atoms with Crippen LogP contribution in [0.1, 0.15) is 10.5 Å². The lowest BCUT2D eigenvalue weighted by Gasteiger charge is -2.35. The number of rotatable bonds is 3. The summed E-state index contributed by atoms with van der Waals surface area (Å²) in [4.78, 5) is 28.1. The average molecular weight is 434 g/mol. The second-order valence-corrected chi connectivity index (χ2v) is 7.15. The average Bonchev–Trinajstić information content (AvgIpc) is 3.12. The molecule has 0 aliphatic carbocycles. The zero-order chi connectivity index (χ0) is 19.0. The van der Waals surface area contributed by atoms with Gasteiger partial charge < -0.3 is 19.5 Å². The Hall–Kier alpha value is -2.68. The van der Waals surface area contributed by atoms with Crippen LogP contribution in [-0.4, -0.2) is 59.0 Å². The van der Waals surface area contributed by atoms with E-state index in [1.165, 1.54) is 6.07 Å². The Morgan fingerprint density at radius 1 is 1.22 bits per heavy atom. The first-order chi connectivity index (χ1) is 13.0. The minimum absolute atomic E-state index is 0.141. The summed E-state index contributed by atoms with van der Waals surface area (Å²) >= 11 is 3.26. The van der Waals surface area contributed by atoms with Crippen molar-refractivity contribution in [3.05, 3.63) is 46.6 Å². The Bertz CT molecular complexity index is 1000. The highest BCUT2D eigenvalue weighted by Crippen LogP contribution is 2.25. The zero-order valence-electron chi connectivity index (χ0n) is 14.6. The summed E-state index contributed by atoms with van der Waals surface area (Å²) in [7, 11) is 1.55. The van der Waals surface area contributed by atoms with Crippen LogP contribution in [-0.2, 0) is 0 Å². The molecule has 7 nitrogen and oxygen atoms in total. The van der Waals surface area contributed by atoms with Crippen LogP contribution in [0.15, 0.2) is 35.1 Å². The van der Waals surface area contributed by atoms with Gasteiger partial charge in [0, 0.05) is 36.0 Å². The molecule has 9 heteroatoms. The van der Waals surface area contributed by atoms with Crippen LogP contribution in [0.25, 0.3) is 10.9 Å². The van der Waals surface area contributed by atoms with Crippen LogP contribution in [0.5, 0.6) is 5.88 Å². The molecular weight excluding hydrogens is 417 g/mol. The van der Waals surface area contributed by atoms with Crippen LogP contribution in [0.3, 0.4) is 0 Å². The van der Waals surface area contributed by atoms with Gasteiger partial charge in [-0.2, -0.15) is 4.98 Å². The number of nitrogens with zero attached hydrogens (tertiary/aromatic N) is 4. The normalized spacial score (nSPS) is 14.6. The van der Waals surface area contributed by atoms with E-state index < -0.39 is 0 Å². The summed E-state index contributed by atoms with van der Waals surface area (Å²) in [5, 5.41) is 0.409. The highest BCUT2D eigenvalue weighted by Gasteiger charge is 2.24. The number of H-pyrrole nitrogens is 1. The number of aromatic amines is 1. The molecule has 0 bridgehead atoms. The standard InChI is InChI=1S/C18H17BrFN5O2/c1-27-17-10-21-9-16(23-17)24-2-4-25(5-3-24)18(26)15-8-12-13(20)6-11(19)7-14(12)22-15/h6-10,22H,2-5H2,1H3. The van der Waals surface area contributed by atoms with E-state index in [4.69, 9.17) is 4.74 Å². The molecule has 3 aromatic rings. The van der Waals surface area contributed by atoms with Crippen LogP contribution in [0, 0.1) is 5.82 Å². The summed E-state index contributed by atoms with van der Waals surface area (Å²) < 4.78 is 19.8. The molecular formula is C18H17BrFN5O2. The lowest BCUT2D eigenvalue weighted by atomic mass is 10.2. The van der Waals surface area contributed by atoms with Gasteiger partial charge in [-0.25, -0.2) is 4.39 Å². The molecule has 4 rings (SSSR count). The molecule has 1 amide bonds. The van der Waals surface area contributed by atoms with Crippen molar-refractivity contribution in [3.8, 4) is 5.88 Å². The number of nitrogens with one attached hydrogen (secondary N) is 1. The third-order valence-corrected chi connectivity index (χ3v) is 5.04. The summed E-state index contributed by atoms with van der Waals surface area (Å²) in [6, 6.07) is 4.71. The fourth-order valence-electron chi connectivity index (χ4n) is 3.17. The number of aromatic nitrogens is 3. The van der Waals surface area contributed by atoms with Crippen molar-refractivity contribution in [2.24, 2.45) is 0 Å². The number of amides is 1. The van der Waals surface area contributed by atoms with E-state index in [2.05, 4.69) is 35.8 Å². The molecule has 0 radical (unpaired) electrons. The van der Waals surface area contributed by atoms with Gasteiger partial charge in [-0.05, 0) is 18.2 Å². The maximum Gasteiger partial charge on any atom is 0.270 e. The van der Waals surface area contributed by atoms with Crippen LogP contribution in [0.2, 0.25) is 0 Å². The first kappa shape index (κ1) is 17.7. The van der Waals surface area contributed by atoms with Crippen molar-refractivity contribution in [2.45, 2.75) is 0 Å². The fourth-order valence-corrected chi connectivity index (χ4v) is 3.60. The maximum atomic E-state index is 14.1. The molecule has 1 aromatic carbocycles. The molecule has 0 spiro atoms. The Labute approximate surface area is 163 Å².